The van der Waals surface area contributed by atoms with Crippen LogP contribution in [0.25, 0.3) is 0 Å². The van der Waals surface area contributed by atoms with Crippen LogP contribution in [-0.4, -0.2) is 114 Å². The maximum absolute atomic E-state index is 13.8. The minimum Gasteiger partial charge on any atom is -0.420 e. The van der Waals surface area contributed by atoms with E-state index in [1.54, 1.807) is 24.7 Å². The second-order valence-corrected chi connectivity index (χ2v) is 14.9. The number of nitrogens with zero attached hydrogens (tertiary/aromatic N) is 3. The zero-order valence-corrected chi connectivity index (χ0v) is 29.2. The van der Waals surface area contributed by atoms with Crippen molar-refractivity contribution in [1.82, 2.24) is 15.0 Å². The smallest absolute Gasteiger partial charge is 0.325 e. The number of halogens is 5. The molecule has 1 aliphatic rings. The van der Waals surface area contributed by atoms with Gasteiger partial charge in [-0.3, -0.25) is 14.0 Å². The normalized spacial score (nSPS) is 21.6. The van der Waals surface area contributed by atoms with Crippen molar-refractivity contribution in [2.45, 2.75) is 108 Å². The molecule has 1 aromatic heterocycles. The zero-order chi connectivity index (χ0) is 38.3. The van der Waals surface area contributed by atoms with Crippen molar-refractivity contribution in [2.24, 2.45) is 0 Å². The van der Waals surface area contributed by atoms with Gasteiger partial charge in [-0.25, -0.2) is 13.2 Å². The first kappa shape index (κ1) is 42.8. The Hall–Kier alpha value is -2.65. The Labute approximate surface area is 289 Å². The summed E-state index contributed by atoms with van der Waals surface area (Å²) >= 11 is 0. The van der Waals surface area contributed by atoms with Crippen molar-refractivity contribution in [1.29, 1.82) is 0 Å². The Morgan fingerprint density at radius 3 is 2.10 bits per heavy atom. The molecule has 0 radical (unpaired) electrons. The number of hydrogen-bond acceptors (Lipinski definition) is 12. The molecule has 1 fully saturated rings. The summed E-state index contributed by atoms with van der Waals surface area (Å²) in [7, 11) is -4.38. The summed E-state index contributed by atoms with van der Waals surface area (Å²) < 4.78 is 107. The third kappa shape index (κ3) is 12.8. The van der Waals surface area contributed by atoms with E-state index in [1.165, 1.54) is 0 Å². The molecule has 3 rings (SSSR count). The fourth-order valence-corrected chi connectivity index (χ4v) is 5.37. The molecular weight excluding hydrogens is 720 g/mol. The van der Waals surface area contributed by atoms with Gasteiger partial charge in [0, 0.05) is 19.2 Å². The Bertz CT molecular complexity index is 1500. The Morgan fingerprint density at radius 1 is 0.882 bits per heavy atom. The van der Waals surface area contributed by atoms with Crippen LogP contribution in [0.4, 0.5) is 22.0 Å². The number of aliphatic hydroxyl groups is 3. The second kappa shape index (κ2) is 17.9. The number of aryl methyl sites for hydroxylation is 1. The van der Waals surface area contributed by atoms with E-state index in [2.05, 4.69) is 15.0 Å². The highest BCUT2D eigenvalue weighted by Crippen LogP contribution is 2.37. The standard InChI is InChI=1S/C30H43F5N3O12P/c1-29(2,48-13-9-30(3,4)47-12-6-18(39)50-27-22(34)20(32)19(31)21(33)23(27)35)8-10-38-15-16(36-37-38)5-11-46-28-26(42)25(41)24(40)17(49-28)7-14-51(43,44)45/h15,17,24-26,28,40-42H,5-14H2,1-4H3,(H2,43,44,45)/t17-,24-,25+,26+,28+/m1/s1. The third-order valence-electron chi connectivity index (χ3n) is 7.92. The molecule has 15 nitrogen and oxygen atoms in total. The molecule has 0 aliphatic carbocycles. The van der Waals surface area contributed by atoms with E-state index < -0.39 is 103 Å². The number of aliphatic hydroxyl groups excluding tert-OH is 3. The molecule has 1 saturated heterocycles. The van der Waals surface area contributed by atoms with Gasteiger partial charge in [-0.05, 0) is 47.0 Å². The molecule has 1 aromatic carbocycles. The van der Waals surface area contributed by atoms with Crippen LogP contribution in [0.5, 0.6) is 5.75 Å². The van der Waals surface area contributed by atoms with Gasteiger partial charge in [0.2, 0.25) is 34.8 Å². The molecule has 0 unspecified atom stereocenters. The first-order valence-corrected chi connectivity index (χ1v) is 17.7. The van der Waals surface area contributed by atoms with E-state index in [9.17, 15) is 46.6 Å². The fraction of sp³-hybridized carbons (Fsp3) is 0.700. The summed E-state index contributed by atoms with van der Waals surface area (Å²) in [6.45, 7) is 7.48. The van der Waals surface area contributed by atoms with Crippen molar-refractivity contribution < 1.29 is 80.1 Å². The summed E-state index contributed by atoms with van der Waals surface area (Å²) in [4.78, 5) is 30.2. The van der Waals surface area contributed by atoms with Gasteiger partial charge in [-0.15, -0.1) is 5.10 Å². The molecule has 21 heteroatoms. The Balaban J connectivity index is 1.36. The number of carbonyl (C=O) groups is 1. The SMILES string of the molecule is CC(C)(CCOC(C)(C)CCn1cc(CCO[C@H]2O[C@H](CCP(=O)(O)O)[C@@H](O)[C@H](O)[C@@H]2O)nn1)OCCC(=O)Oc1c(F)c(F)c(F)c(F)c1F. The first-order chi connectivity index (χ1) is 23.6. The minimum absolute atomic E-state index is 0.0204. The number of ether oxygens (including phenoxy) is 5. The van der Waals surface area contributed by atoms with Gasteiger partial charge in [0.15, 0.2) is 6.29 Å². The van der Waals surface area contributed by atoms with Gasteiger partial charge in [0.05, 0.1) is 55.4 Å². The van der Waals surface area contributed by atoms with E-state index in [-0.39, 0.29) is 32.7 Å². The molecule has 51 heavy (non-hydrogen) atoms. The maximum Gasteiger partial charge on any atom is 0.325 e. The molecule has 5 N–H and O–H groups in total. The van der Waals surface area contributed by atoms with Crippen molar-refractivity contribution in [2.75, 3.05) is 26.0 Å². The highest BCUT2D eigenvalue weighted by molar-refractivity contribution is 7.51. The number of carbonyl (C=O) groups excluding carboxylic acids is 1. The van der Waals surface area contributed by atoms with Crippen LogP contribution in [0, 0.1) is 29.1 Å². The highest BCUT2D eigenvalue weighted by Gasteiger charge is 2.44. The third-order valence-corrected chi connectivity index (χ3v) is 8.76. The van der Waals surface area contributed by atoms with Crippen LogP contribution < -0.4 is 4.74 Å². The predicted molar refractivity (Wildman–Crippen MR) is 164 cm³/mol. The topological polar surface area (TPSA) is 212 Å². The molecule has 0 amide bonds. The average molecular weight is 764 g/mol. The van der Waals surface area contributed by atoms with Crippen LogP contribution in [0.2, 0.25) is 0 Å². The van der Waals surface area contributed by atoms with Gasteiger partial charge in [-0.1, -0.05) is 5.21 Å². The number of rotatable bonds is 19. The quantitative estimate of drug-likeness (QED) is 0.0347. The summed E-state index contributed by atoms with van der Waals surface area (Å²) in [6, 6.07) is 0. The Kier molecular flexibility index (Phi) is 15.0. The fourth-order valence-electron chi connectivity index (χ4n) is 4.78. The van der Waals surface area contributed by atoms with Crippen molar-refractivity contribution >= 4 is 13.6 Å². The highest BCUT2D eigenvalue weighted by atomic mass is 31.2. The van der Waals surface area contributed by atoms with Crippen molar-refractivity contribution in [3.63, 3.8) is 0 Å². The van der Waals surface area contributed by atoms with E-state index in [0.717, 1.165) is 0 Å². The number of hydrogen-bond donors (Lipinski definition) is 5. The van der Waals surface area contributed by atoms with Crippen LogP contribution in [0.15, 0.2) is 6.20 Å². The molecule has 2 aromatic rings. The van der Waals surface area contributed by atoms with Gasteiger partial charge < -0.3 is 48.8 Å². The predicted octanol–water partition coefficient (Wildman–Crippen LogP) is 2.27. The van der Waals surface area contributed by atoms with Gasteiger partial charge in [0.1, 0.15) is 18.3 Å². The van der Waals surface area contributed by atoms with Gasteiger partial charge >= 0.3 is 13.6 Å². The first-order valence-electron chi connectivity index (χ1n) is 15.9. The lowest BCUT2D eigenvalue weighted by Crippen LogP contribution is -2.58. The zero-order valence-electron chi connectivity index (χ0n) is 28.3. The van der Waals surface area contributed by atoms with Crippen LogP contribution in [0.1, 0.15) is 59.1 Å². The number of benzene rings is 1. The minimum atomic E-state index is -4.38. The van der Waals surface area contributed by atoms with Gasteiger partial charge in [-0.2, -0.15) is 8.78 Å². The molecule has 2 heterocycles. The molecule has 0 spiro atoms. The summed E-state index contributed by atoms with van der Waals surface area (Å²) in [5, 5.41) is 38.6. The van der Waals surface area contributed by atoms with Crippen LogP contribution in [0.3, 0.4) is 0 Å². The molecule has 0 saturated carbocycles. The Morgan fingerprint density at radius 2 is 1.47 bits per heavy atom. The summed E-state index contributed by atoms with van der Waals surface area (Å²) in [6.07, 6.45) is -5.94. The number of aromatic nitrogens is 3. The molecule has 5 atom stereocenters. The maximum atomic E-state index is 13.8. The van der Waals surface area contributed by atoms with E-state index in [4.69, 9.17) is 28.7 Å². The monoisotopic (exact) mass is 763 g/mol. The molecule has 1 aliphatic heterocycles. The van der Waals surface area contributed by atoms with Crippen LogP contribution in [-0.2, 0) is 41.3 Å². The summed E-state index contributed by atoms with van der Waals surface area (Å²) in [5.74, 6) is -14.3. The van der Waals surface area contributed by atoms with Crippen molar-refractivity contribution in [3.05, 3.63) is 41.0 Å². The molecular formula is C30H43F5N3O12P. The average Bonchev–Trinajstić information content (AvgIpc) is 3.50. The lowest BCUT2D eigenvalue weighted by Gasteiger charge is -2.40. The van der Waals surface area contributed by atoms with E-state index >= 15 is 0 Å². The molecule has 0 bridgehead atoms. The lowest BCUT2D eigenvalue weighted by molar-refractivity contribution is -0.296. The lowest BCUT2D eigenvalue weighted by atomic mass is 9.97. The largest absolute Gasteiger partial charge is 0.420 e. The second-order valence-electron chi connectivity index (χ2n) is 13.1. The van der Waals surface area contributed by atoms with E-state index in [1.807, 2.05) is 13.8 Å². The number of esters is 1. The van der Waals surface area contributed by atoms with Crippen molar-refractivity contribution in [3.8, 4) is 5.75 Å². The van der Waals surface area contributed by atoms with E-state index in [0.29, 0.717) is 25.1 Å². The molecule has 290 valence electrons. The van der Waals surface area contributed by atoms with Gasteiger partial charge in [0.25, 0.3) is 0 Å². The van der Waals surface area contributed by atoms with Crippen LogP contribution >= 0.6 is 7.60 Å². The summed E-state index contributed by atoms with van der Waals surface area (Å²) in [5.41, 5.74) is -0.920.